The van der Waals surface area contributed by atoms with Crippen LogP contribution in [0.4, 0.5) is 5.69 Å². The van der Waals surface area contributed by atoms with E-state index in [4.69, 9.17) is 0 Å². The van der Waals surface area contributed by atoms with E-state index in [0.717, 1.165) is 12.6 Å². The molecular weight excluding hydrogens is 232 g/mol. The topological polar surface area (TPSA) is 24.1 Å². The summed E-state index contributed by atoms with van der Waals surface area (Å²) in [6.45, 7) is 2.29. The summed E-state index contributed by atoms with van der Waals surface area (Å²) >= 11 is 0. The van der Waals surface area contributed by atoms with Crippen LogP contribution in [-0.4, -0.2) is 19.1 Å². The molecule has 1 fully saturated rings. The van der Waals surface area contributed by atoms with E-state index >= 15 is 0 Å². The maximum Gasteiger partial charge on any atom is 0.0376 e. The van der Waals surface area contributed by atoms with Gasteiger partial charge in [0.15, 0.2) is 0 Å². The van der Waals surface area contributed by atoms with Gasteiger partial charge in [-0.25, -0.2) is 0 Å². The predicted octanol–water partition coefficient (Wildman–Crippen LogP) is 3.90. The molecule has 1 aliphatic carbocycles. The fourth-order valence-corrected chi connectivity index (χ4v) is 3.56. The second kappa shape index (κ2) is 6.42. The Morgan fingerprint density at radius 3 is 2.68 bits per heavy atom. The first-order chi connectivity index (χ1) is 9.43. The smallest absolute Gasteiger partial charge is 0.0376 e. The van der Waals surface area contributed by atoms with Crippen molar-refractivity contribution in [3.63, 3.8) is 0 Å². The summed E-state index contributed by atoms with van der Waals surface area (Å²) in [7, 11) is 0. The van der Waals surface area contributed by atoms with Crippen LogP contribution in [0.15, 0.2) is 24.3 Å². The van der Waals surface area contributed by atoms with Gasteiger partial charge in [0.05, 0.1) is 0 Å². The summed E-state index contributed by atoms with van der Waals surface area (Å²) < 4.78 is 0. The third-order valence-electron chi connectivity index (χ3n) is 4.72. The zero-order valence-electron chi connectivity index (χ0n) is 11.8. The van der Waals surface area contributed by atoms with E-state index in [-0.39, 0.29) is 0 Å². The molecule has 0 saturated heterocycles. The lowest BCUT2D eigenvalue weighted by Gasteiger charge is -2.18. The third kappa shape index (κ3) is 3.30. The number of fused-ring (bicyclic) bond motifs is 1. The number of para-hydroxylation sites is 1. The van der Waals surface area contributed by atoms with Gasteiger partial charge >= 0.3 is 0 Å². The molecule has 2 aliphatic rings. The number of anilines is 1. The Hall–Kier alpha value is -1.02. The minimum absolute atomic E-state index is 0.703. The number of hydrogen-bond acceptors (Lipinski definition) is 2. The largest absolute Gasteiger partial charge is 0.384 e. The van der Waals surface area contributed by atoms with Crippen LogP contribution in [0.5, 0.6) is 0 Å². The monoisotopic (exact) mass is 258 g/mol. The predicted molar refractivity (Wildman–Crippen MR) is 81.8 cm³/mol. The molecule has 1 heterocycles. The zero-order chi connectivity index (χ0) is 12.9. The van der Waals surface area contributed by atoms with E-state index in [1.54, 1.807) is 0 Å². The van der Waals surface area contributed by atoms with Gasteiger partial charge in [-0.1, -0.05) is 43.9 Å². The summed E-state index contributed by atoms with van der Waals surface area (Å²) in [5.74, 6) is 0.703. The first kappa shape index (κ1) is 13.0. The second-order valence-corrected chi connectivity index (χ2v) is 6.10. The first-order valence-electron chi connectivity index (χ1n) is 7.99. The molecule has 104 valence electrons. The molecular formula is C17H26N2. The minimum Gasteiger partial charge on any atom is -0.384 e. The number of rotatable bonds is 4. The Balaban J connectivity index is 1.45. The van der Waals surface area contributed by atoms with Gasteiger partial charge in [-0.05, 0) is 37.4 Å². The van der Waals surface area contributed by atoms with Crippen molar-refractivity contribution in [3.05, 3.63) is 29.8 Å². The summed E-state index contributed by atoms with van der Waals surface area (Å²) in [6, 6.07) is 9.56. The molecule has 3 rings (SSSR count). The van der Waals surface area contributed by atoms with E-state index in [0.29, 0.717) is 5.92 Å². The Labute approximate surface area is 117 Å². The Morgan fingerprint density at radius 1 is 1.05 bits per heavy atom. The van der Waals surface area contributed by atoms with Crippen molar-refractivity contribution in [2.75, 3.05) is 18.4 Å². The number of hydrogen-bond donors (Lipinski definition) is 2. The molecule has 1 aromatic rings. The van der Waals surface area contributed by atoms with Gasteiger partial charge in [0.1, 0.15) is 0 Å². The van der Waals surface area contributed by atoms with Crippen molar-refractivity contribution in [2.24, 2.45) is 0 Å². The van der Waals surface area contributed by atoms with Crippen LogP contribution < -0.4 is 10.6 Å². The fraction of sp³-hybridized carbons (Fsp3) is 0.647. The summed E-state index contributed by atoms with van der Waals surface area (Å²) in [4.78, 5) is 0. The molecule has 0 amide bonds. The normalized spacial score (nSPS) is 23.7. The summed E-state index contributed by atoms with van der Waals surface area (Å²) in [6.07, 6.45) is 9.77. The Kier molecular flexibility index (Phi) is 4.39. The lowest BCUT2D eigenvalue weighted by atomic mass is 9.97. The number of nitrogens with one attached hydrogen (secondary N) is 2. The maximum atomic E-state index is 3.79. The maximum absolute atomic E-state index is 3.79. The molecule has 0 bridgehead atoms. The highest BCUT2D eigenvalue weighted by atomic mass is 14.9. The molecule has 0 radical (unpaired) electrons. The van der Waals surface area contributed by atoms with Gasteiger partial charge in [0.25, 0.3) is 0 Å². The quantitative estimate of drug-likeness (QED) is 0.800. The van der Waals surface area contributed by atoms with Crippen molar-refractivity contribution in [2.45, 2.75) is 56.9 Å². The van der Waals surface area contributed by atoms with Gasteiger partial charge in [-0.3, -0.25) is 0 Å². The Bertz CT molecular complexity index is 394. The van der Waals surface area contributed by atoms with E-state index in [1.807, 2.05) is 0 Å². The minimum atomic E-state index is 0.703. The van der Waals surface area contributed by atoms with Crippen LogP contribution in [0.2, 0.25) is 0 Å². The Morgan fingerprint density at radius 2 is 1.84 bits per heavy atom. The molecule has 1 saturated carbocycles. The zero-order valence-corrected chi connectivity index (χ0v) is 11.8. The third-order valence-corrected chi connectivity index (χ3v) is 4.72. The lowest BCUT2D eigenvalue weighted by Crippen LogP contribution is -2.30. The fourth-order valence-electron chi connectivity index (χ4n) is 3.56. The molecule has 0 aromatic heterocycles. The highest BCUT2D eigenvalue weighted by molar-refractivity contribution is 5.57. The van der Waals surface area contributed by atoms with E-state index in [9.17, 15) is 0 Å². The van der Waals surface area contributed by atoms with Crippen LogP contribution in [0.25, 0.3) is 0 Å². The molecule has 1 aliphatic heterocycles. The van der Waals surface area contributed by atoms with E-state index < -0.39 is 0 Å². The first-order valence-corrected chi connectivity index (χ1v) is 7.99. The van der Waals surface area contributed by atoms with Crippen molar-refractivity contribution in [3.8, 4) is 0 Å². The van der Waals surface area contributed by atoms with Gasteiger partial charge < -0.3 is 10.6 Å². The van der Waals surface area contributed by atoms with Gasteiger partial charge in [-0.15, -0.1) is 0 Å². The van der Waals surface area contributed by atoms with Crippen molar-refractivity contribution in [1.82, 2.24) is 5.32 Å². The van der Waals surface area contributed by atoms with Crippen LogP contribution >= 0.6 is 0 Å². The SMILES string of the molecule is c1ccc2c(c1)NCC2CCNC1CCCCCC1. The van der Waals surface area contributed by atoms with Crippen LogP contribution in [-0.2, 0) is 0 Å². The van der Waals surface area contributed by atoms with Crippen LogP contribution in [0.1, 0.15) is 56.4 Å². The average Bonchev–Trinajstić information content (AvgIpc) is 2.68. The molecule has 2 heteroatoms. The molecule has 2 nitrogen and oxygen atoms in total. The second-order valence-electron chi connectivity index (χ2n) is 6.10. The molecule has 1 aromatic carbocycles. The molecule has 2 N–H and O–H groups in total. The lowest BCUT2D eigenvalue weighted by molar-refractivity contribution is 0.446. The van der Waals surface area contributed by atoms with Gasteiger partial charge in [0, 0.05) is 24.2 Å². The van der Waals surface area contributed by atoms with Crippen molar-refractivity contribution < 1.29 is 0 Å². The van der Waals surface area contributed by atoms with Crippen molar-refractivity contribution in [1.29, 1.82) is 0 Å². The highest BCUT2D eigenvalue weighted by Gasteiger charge is 2.21. The molecule has 19 heavy (non-hydrogen) atoms. The standard InChI is InChI=1S/C17H26N2/c1-2-4-8-15(7-3-1)18-12-11-14-13-19-17-10-6-5-9-16(14)17/h5-6,9-10,14-15,18-19H,1-4,7-8,11-13H2. The van der Waals surface area contributed by atoms with Crippen molar-refractivity contribution >= 4 is 5.69 Å². The summed E-state index contributed by atoms with van der Waals surface area (Å²) in [5, 5.41) is 7.31. The highest BCUT2D eigenvalue weighted by Crippen LogP contribution is 2.32. The average molecular weight is 258 g/mol. The van der Waals surface area contributed by atoms with E-state index in [2.05, 4.69) is 34.9 Å². The molecule has 0 spiro atoms. The van der Waals surface area contributed by atoms with Crippen LogP contribution in [0.3, 0.4) is 0 Å². The summed E-state index contributed by atoms with van der Waals surface area (Å²) in [5.41, 5.74) is 2.87. The molecule has 1 atom stereocenters. The van der Waals surface area contributed by atoms with Crippen LogP contribution in [0, 0.1) is 0 Å². The number of benzene rings is 1. The van der Waals surface area contributed by atoms with Gasteiger partial charge in [-0.2, -0.15) is 0 Å². The van der Waals surface area contributed by atoms with E-state index in [1.165, 1.54) is 62.7 Å². The molecule has 1 unspecified atom stereocenters. The van der Waals surface area contributed by atoms with Gasteiger partial charge in [0.2, 0.25) is 0 Å².